The second kappa shape index (κ2) is 7.90. The SMILES string of the molecule is CC(=O)c1cccc(OCCCC(=O)Nc2ccc3c(c2)oc(=O)n3C)c1. The summed E-state index contributed by atoms with van der Waals surface area (Å²) in [5.74, 6) is -0.0214. The molecular formula is C20H20N2O5. The number of amides is 1. The summed E-state index contributed by atoms with van der Waals surface area (Å²) < 4.78 is 12.1. The van der Waals surface area contributed by atoms with E-state index in [-0.39, 0.29) is 18.1 Å². The molecule has 2 aromatic carbocycles. The third-order valence-electron chi connectivity index (χ3n) is 4.13. The van der Waals surface area contributed by atoms with Crippen molar-refractivity contribution in [3.05, 3.63) is 58.6 Å². The van der Waals surface area contributed by atoms with E-state index in [2.05, 4.69) is 5.32 Å². The fourth-order valence-corrected chi connectivity index (χ4v) is 2.66. The number of nitrogens with one attached hydrogen (secondary N) is 1. The van der Waals surface area contributed by atoms with E-state index in [1.165, 1.54) is 11.5 Å². The number of carbonyl (C=O) groups is 2. The van der Waals surface area contributed by atoms with E-state index < -0.39 is 5.76 Å². The minimum atomic E-state index is -0.445. The van der Waals surface area contributed by atoms with Gasteiger partial charge in [-0.1, -0.05) is 12.1 Å². The predicted molar refractivity (Wildman–Crippen MR) is 101 cm³/mol. The normalized spacial score (nSPS) is 10.7. The molecule has 7 heteroatoms. The number of hydrogen-bond donors (Lipinski definition) is 1. The predicted octanol–water partition coefficient (Wildman–Crippen LogP) is 3.13. The van der Waals surface area contributed by atoms with E-state index in [9.17, 15) is 14.4 Å². The fraction of sp³-hybridized carbons (Fsp3) is 0.250. The van der Waals surface area contributed by atoms with Gasteiger partial charge in [-0.25, -0.2) is 4.79 Å². The molecule has 0 fully saturated rings. The Morgan fingerprint density at radius 1 is 1.19 bits per heavy atom. The molecule has 0 aliphatic rings. The topological polar surface area (TPSA) is 90.5 Å². The van der Waals surface area contributed by atoms with E-state index in [1.807, 2.05) is 0 Å². The number of aromatic nitrogens is 1. The summed E-state index contributed by atoms with van der Waals surface area (Å²) in [6, 6.07) is 12.0. The van der Waals surface area contributed by atoms with Crippen LogP contribution in [-0.4, -0.2) is 22.9 Å². The number of oxazole rings is 1. The molecule has 1 heterocycles. The number of rotatable bonds is 7. The van der Waals surface area contributed by atoms with Crippen LogP contribution in [-0.2, 0) is 11.8 Å². The molecule has 0 bridgehead atoms. The average molecular weight is 368 g/mol. The van der Waals surface area contributed by atoms with Crippen LogP contribution in [0.3, 0.4) is 0 Å². The molecule has 0 aliphatic heterocycles. The molecule has 0 unspecified atom stereocenters. The maximum Gasteiger partial charge on any atom is 0.419 e. The molecule has 0 saturated heterocycles. The Kier molecular flexibility index (Phi) is 5.40. The third-order valence-corrected chi connectivity index (χ3v) is 4.13. The van der Waals surface area contributed by atoms with Crippen LogP contribution in [0.5, 0.6) is 5.75 Å². The Bertz CT molecular complexity index is 1050. The van der Waals surface area contributed by atoms with Gasteiger partial charge in [0.2, 0.25) is 5.91 Å². The lowest BCUT2D eigenvalue weighted by Crippen LogP contribution is -2.12. The summed E-state index contributed by atoms with van der Waals surface area (Å²) in [6.07, 6.45) is 0.808. The highest BCUT2D eigenvalue weighted by Crippen LogP contribution is 2.18. The van der Waals surface area contributed by atoms with Gasteiger partial charge in [0, 0.05) is 30.8 Å². The molecule has 140 valence electrons. The van der Waals surface area contributed by atoms with Crippen molar-refractivity contribution in [2.24, 2.45) is 7.05 Å². The van der Waals surface area contributed by atoms with Gasteiger partial charge in [-0.3, -0.25) is 14.2 Å². The van der Waals surface area contributed by atoms with Crippen LogP contribution in [0.1, 0.15) is 30.1 Å². The van der Waals surface area contributed by atoms with Gasteiger partial charge in [0.1, 0.15) is 5.75 Å². The van der Waals surface area contributed by atoms with Gasteiger partial charge in [-0.2, -0.15) is 0 Å². The molecule has 0 atom stereocenters. The maximum atomic E-state index is 12.1. The van der Waals surface area contributed by atoms with Crippen LogP contribution in [0.25, 0.3) is 11.1 Å². The Morgan fingerprint density at radius 2 is 2.00 bits per heavy atom. The molecular weight excluding hydrogens is 348 g/mol. The minimum Gasteiger partial charge on any atom is -0.494 e. The lowest BCUT2D eigenvalue weighted by molar-refractivity contribution is -0.116. The second-order valence-electron chi connectivity index (χ2n) is 6.19. The number of carbonyl (C=O) groups excluding carboxylic acids is 2. The van der Waals surface area contributed by atoms with Crippen molar-refractivity contribution in [3.63, 3.8) is 0 Å². The Hall–Kier alpha value is -3.35. The Morgan fingerprint density at radius 3 is 2.78 bits per heavy atom. The van der Waals surface area contributed by atoms with Crippen LogP contribution in [0, 0.1) is 0 Å². The van der Waals surface area contributed by atoms with E-state index in [1.54, 1.807) is 49.5 Å². The van der Waals surface area contributed by atoms with Crippen molar-refractivity contribution >= 4 is 28.5 Å². The van der Waals surface area contributed by atoms with Crippen LogP contribution in [0.4, 0.5) is 5.69 Å². The van der Waals surface area contributed by atoms with Crippen LogP contribution < -0.4 is 15.8 Å². The summed E-state index contributed by atoms with van der Waals surface area (Å²) in [5.41, 5.74) is 2.25. The zero-order valence-electron chi connectivity index (χ0n) is 15.2. The molecule has 3 rings (SSSR count). The molecule has 0 saturated carbocycles. The summed E-state index contributed by atoms with van der Waals surface area (Å²) >= 11 is 0. The number of fused-ring (bicyclic) bond motifs is 1. The zero-order chi connectivity index (χ0) is 19.4. The molecule has 3 aromatic rings. The van der Waals surface area contributed by atoms with Crippen LogP contribution in [0.2, 0.25) is 0 Å². The summed E-state index contributed by atoms with van der Waals surface area (Å²) in [7, 11) is 1.62. The van der Waals surface area contributed by atoms with Gasteiger partial charge in [0.25, 0.3) is 0 Å². The highest BCUT2D eigenvalue weighted by atomic mass is 16.5. The summed E-state index contributed by atoms with van der Waals surface area (Å²) in [6.45, 7) is 1.86. The Labute approximate surface area is 155 Å². The minimum absolute atomic E-state index is 0.0222. The van der Waals surface area contributed by atoms with Crippen LogP contribution in [0.15, 0.2) is 51.7 Å². The molecule has 0 radical (unpaired) electrons. The molecule has 1 N–H and O–H groups in total. The summed E-state index contributed by atoms with van der Waals surface area (Å²) in [4.78, 5) is 34.9. The maximum absolute atomic E-state index is 12.1. The monoisotopic (exact) mass is 368 g/mol. The van der Waals surface area contributed by atoms with E-state index in [0.29, 0.717) is 41.1 Å². The number of ketones is 1. The first-order chi connectivity index (χ1) is 12.9. The van der Waals surface area contributed by atoms with E-state index in [4.69, 9.17) is 9.15 Å². The van der Waals surface area contributed by atoms with Crippen LogP contribution >= 0.6 is 0 Å². The second-order valence-corrected chi connectivity index (χ2v) is 6.19. The van der Waals surface area contributed by atoms with Crippen molar-refractivity contribution in [2.75, 3.05) is 11.9 Å². The molecule has 0 spiro atoms. The highest BCUT2D eigenvalue weighted by molar-refractivity contribution is 5.94. The first kappa shape index (κ1) is 18.4. The highest BCUT2D eigenvalue weighted by Gasteiger charge is 2.08. The molecule has 0 aliphatic carbocycles. The van der Waals surface area contributed by atoms with E-state index >= 15 is 0 Å². The number of Topliss-reactive ketones (excluding diaryl/α,β-unsaturated/α-hetero) is 1. The smallest absolute Gasteiger partial charge is 0.419 e. The number of nitrogens with zero attached hydrogens (tertiary/aromatic N) is 1. The molecule has 7 nitrogen and oxygen atoms in total. The Balaban J connectivity index is 1.49. The molecule has 27 heavy (non-hydrogen) atoms. The summed E-state index contributed by atoms with van der Waals surface area (Å²) in [5, 5.41) is 2.78. The van der Waals surface area contributed by atoms with Crippen molar-refractivity contribution in [1.29, 1.82) is 0 Å². The number of aryl methyl sites for hydroxylation is 1. The number of anilines is 1. The van der Waals surface area contributed by atoms with Crippen molar-refractivity contribution < 1.29 is 18.7 Å². The van der Waals surface area contributed by atoms with Crippen molar-refractivity contribution in [3.8, 4) is 5.75 Å². The molecule has 1 aromatic heterocycles. The van der Waals surface area contributed by atoms with Gasteiger partial charge in [-0.05, 0) is 37.6 Å². The van der Waals surface area contributed by atoms with Gasteiger partial charge in [0.15, 0.2) is 11.4 Å². The fourth-order valence-electron chi connectivity index (χ4n) is 2.66. The van der Waals surface area contributed by atoms with E-state index in [0.717, 1.165) is 0 Å². The third kappa shape index (κ3) is 4.44. The lowest BCUT2D eigenvalue weighted by atomic mass is 10.1. The van der Waals surface area contributed by atoms with Gasteiger partial charge in [0.05, 0.1) is 12.1 Å². The number of benzene rings is 2. The quantitative estimate of drug-likeness (QED) is 0.511. The number of hydrogen-bond acceptors (Lipinski definition) is 5. The molecule has 1 amide bonds. The van der Waals surface area contributed by atoms with Crippen molar-refractivity contribution in [1.82, 2.24) is 4.57 Å². The largest absolute Gasteiger partial charge is 0.494 e. The van der Waals surface area contributed by atoms with Gasteiger partial charge in [-0.15, -0.1) is 0 Å². The lowest BCUT2D eigenvalue weighted by Gasteiger charge is -2.08. The number of ether oxygens (including phenoxy) is 1. The van der Waals surface area contributed by atoms with Gasteiger partial charge < -0.3 is 14.5 Å². The first-order valence-corrected chi connectivity index (χ1v) is 8.57. The van der Waals surface area contributed by atoms with Gasteiger partial charge >= 0.3 is 5.76 Å². The van der Waals surface area contributed by atoms with Crippen molar-refractivity contribution in [2.45, 2.75) is 19.8 Å². The standard InChI is InChI=1S/C20H20N2O5/c1-13(23)14-5-3-6-16(11-14)26-10-4-7-19(24)21-15-8-9-17-18(12-15)27-20(25)22(17)2/h3,5-6,8-9,11-12H,4,7,10H2,1-2H3,(H,21,24). The zero-order valence-corrected chi connectivity index (χ0v) is 15.2. The average Bonchev–Trinajstić information content (AvgIpc) is 2.92. The first-order valence-electron chi connectivity index (χ1n) is 8.57.